The molecular formula is C17H24ClN9OS. The van der Waals surface area contributed by atoms with Gasteiger partial charge in [-0.25, -0.2) is 10.6 Å². The fourth-order valence-electron chi connectivity index (χ4n) is 3.13. The van der Waals surface area contributed by atoms with Crippen LogP contribution in [0.5, 0.6) is 0 Å². The quantitative estimate of drug-likeness (QED) is 0.180. The number of rotatable bonds is 5. The summed E-state index contributed by atoms with van der Waals surface area (Å²) in [5.41, 5.74) is 4.16. The maximum atomic E-state index is 12.6. The maximum absolute atomic E-state index is 12.6. The third-order valence-electron chi connectivity index (χ3n) is 4.59. The van der Waals surface area contributed by atoms with E-state index in [2.05, 4.69) is 25.2 Å². The minimum Gasteiger partial charge on any atom is -0.321 e. The first-order valence-corrected chi connectivity index (χ1v) is 10.6. The molecule has 0 unspecified atom stereocenters. The van der Waals surface area contributed by atoms with E-state index in [0.717, 1.165) is 25.2 Å². The van der Waals surface area contributed by atoms with Gasteiger partial charge in [0.1, 0.15) is 0 Å². The molecule has 1 aliphatic rings. The second-order valence-electron chi connectivity index (χ2n) is 6.43. The lowest BCUT2D eigenvalue weighted by atomic mass is 10.1. The zero-order valence-corrected chi connectivity index (χ0v) is 17.6. The zero-order chi connectivity index (χ0) is 20.8. The summed E-state index contributed by atoms with van der Waals surface area (Å²) >= 11 is 7.65. The van der Waals surface area contributed by atoms with Gasteiger partial charge in [0.05, 0.1) is 5.02 Å². The average molecular weight is 438 g/mol. The van der Waals surface area contributed by atoms with Gasteiger partial charge in [-0.1, -0.05) is 29.6 Å². The van der Waals surface area contributed by atoms with Crippen LogP contribution in [0.15, 0.2) is 35.6 Å². The molecule has 0 spiro atoms. The Bertz CT molecular complexity index is 880. The van der Waals surface area contributed by atoms with E-state index in [1.54, 1.807) is 23.2 Å². The molecule has 1 fully saturated rings. The number of hydrogen-bond donors (Lipinski definition) is 4. The van der Waals surface area contributed by atoms with Gasteiger partial charge in [-0.2, -0.15) is 9.78 Å². The van der Waals surface area contributed by atoms with Crippen LogP contribution < -0.4 is 21.8 Å². The summed E-state index contributed by atoms with van der Waals surface area (Å²) in [5.74, 6) is 11.8. The summed E-state index contributed by atoms with van der Waals surface area (Å²) in [6.07, 6.45) is 3.57. The molecule has 1 amide bonds. The Kier molecular flexibility index (Phi) is 7.20. The number of carbonyl (C=O) groups is 1. The van der Waals surface area contributed by atoms with E-state index in [0.29, 0.717) is 35.3 Å². The topological polar surface area (TPSA) is 130 Å². The smallest absolute Gasteiger partial charge is 0.321 e. The van der Waals surface area contributed by atoms with E-state index in [1.165, 1.54) is 16.6 Å². The standard InChI is InChI=1S/C17H24ClN9OS/c1-29-24-15-4-5-27(23-15)17(28)26-8-6-25(7-9-26)11-12-2-3-14(18)13(10-12)16(21-19)22-20/h2-5,10H,6-9,11,19-20H2,1H3,(H,21,22)(H,23,24). The average Bonchev–Trinajstić information content (AvgIpc) is 3.20. The highest BCUT2D eigenvalue weighted by Crippen LogP contribution is 2.19. The van der Waals surface area contributed by atoms with Gasteiger partial charge in [0, 0.05) is 56.8 Å². The minimum atomic E-state index is -0.120. The normalized spacial score (nSPS) is 15.4. The lowest BCUT2D eigenvalue weighted by Crippen LogP contribution is -2.49. The Morgan fingerprint density at radius 3 is 2.72 bits per heavy atom. The van der Waals surface area contributed by atoms with Gasteiger partial charge in [0.2, 0.25) is 0 Å². The molecule has 0 saturated carbocycles. The van der Waals surface area contributed by atoms with Gasteiger partial charge in [-0.3, -0.25) is 4.90 Å². The summed E-state index contributed by atoms with van der Waals surface area (Å²) in [6, 6.07) is 7.32. The van der Waals surface area contributed by atoms with E-state index in [9.17, 15) is 4.79 Å². The van der Waals surface area contributed by atoms with Crippen LogP contribution in [0.2, 0.25) is 5.02 Å². The fraction of sp³-hybridized carbons (Fsp3) is 0.353. The SMILES string of the molecule is CSNc1ccn(C(=O)N2CCN(Cc3ccc(Cl)c(/C(=N/N)NN)c3)CC2)n1. The van der Waals surface area contributed by atoms with Crippen molar-refractivity contribution in [3.8, 4) is 0 Å². The lowest BCUT2D eigenvalue weighted by Gasteiger charge is -2.34. The predicted octanol–water partition coefficient (Wildman–Crippen LogP) is 1.10. The van der Waals surface area contributed by atoms with Crippen LogP contribution in [0.1, 0.15) is 11.1 Å². The van der Waals surface area contributed by atoms with Crippen molar-refractivity contribution in [2.45, 2.75) is 6.54 Å². The third kappa shape index (κ3) is 5.12. The number of piperazine rings is 1. The first-order chi connectivity index (χ1) is 14.0. The molecule has 6 N–H and O–H groups in total. The molecule has 2 heterocycles. The number of hydrazone groups is 1. The van der Waals surface area contributed by atoms with Gasteiger partial charge < -0.3 is 20.9 Å². The molecule has 0 radical (unpaired) electrons. The number of aromatic nitrogens is 2. The molecular weight excluding hydrogens is 414 g/mol. The molecule has 0 bridgehead atoms. The summed E-state index contributed by atoms with van der Waals surface area (Å²) < 4.78 is 4.38. The number of halogens is 1. The van der Waals surface area contributed by atoms with Crippen LogP contribution >= 0.6 is 23.5 Å². The summed E-state index contributed by atoms with van der Waals surface area (Å²) in [6.45, 7) is 3.49. The molecule has 0 aliphatic carbocycles. The van der Waals surface area contributed by atoms with Crippen molar-refractivity contribution in [2.24, 2.45) is 16.8 Å². The van der Waals surface area contributed by atoms with Crippen molar-refractivity contribution < 1.29 is 4.79 Å². The number of amides is 1. The van der Waals surface area contributed by atoms with E-state index in [4.69, 9.17) is 23.3 Å². The van der Waals surface area contributed by atoms with E-state index < -0.39 is 0 Å². The summed E-state index contributed by atoms with van der Waals surface area (Å²) in [5, 5.41) is 8.38. The number of nitrogens with two attached hydrogens (primary N) is 2. The highest BCUT2D eigenvalue weighted by Gasteiger charge is 2.23. The fourth-order valence-corrected chi connectivity index (χ4v) is 3.65. The summed E-state index contributed by atoms with van der Waals surface area (Å²) in [7, 11) is 0. The van der Waals surface area contributed by atoms with Gasteiger partial charge in [0.15, 0.2) is 11.7 Å². The van der Waals surface area contributed by atoms with Gasteiger partial charge >= 0.3 is 6.03 Å². The van der Waals surface area contributed by atoms with Crippen LogP contribution in [0, 0.1) is 0 Å². The third-order valence-corrected chi connectivity index (χ3v) is 5.34. The molecule has 0 atom stereocenters. The monoisotopic (exact) mass is 437 g/mol. The molecule has 3 rings (SSSR count). The Balaban J connectivity index is 1.58. The maximum Gasteiger partial charge on any atom is 0.344 e. The number of anilines is 1. The Morgan fingerprint density at radius 2 is 2.07 bits per heavy atom. The predicted molar refractivity (Wildman–Crippen MR) is 117 cm³/mol. The van der Waals surface area contributed by atoms with Crippen LogP contribution in [0.25, 0.3) is 0 Å². The largest absolute Gasteiger partial charge is 0.344 e. The second kappa shape index (κ2) is 9.83. The minimum absolute atomic E-state index is 0.120. The molecule has 12 heteroatoms. The van der Waals surface area contributed by atoms with Crippen molar-refractivity contribution in [2.75, 3.05) is 37.2 Å². The molecule has 1 aromatic carbocycles. The molecule has 10 nitrogen and oxygen atoms in total. The number of benzene rings is 1. The van der Waals surface area contributed by atoms with Crippen LogP contribution in [-0.4, -0.2) is 63.9 Å². The Morgan fingerprint density at radius 1 is 1.31 bits per heavy atom. The van der Waals surface area contributed by atoms with Crippen molar-refractivity contribution in [3.05, 3.63) is 46.6 Å². The highest BCUT2D eigenvalue weighted by molar-refractivity contribution is 7.99. The number of hydrazine groups is 1. The first kappa shape index (κ1) is 21.2. The second-order valence-corrected chi connectivity index (χ2v) is 7.45. The molecule has 1 aliphatic heterocycles. The van der Waals surface area contributed by atoms with Crippen molar-refractivity contribution >= 4 is 41.2 Å². The van der Waals surface area contributed by atoms with Crippen molar-refractivity contribution in [1.29, 1.82) is 0 Å². The number of carbonyl (C=O) groups excluding carboxylic acids is 1. The van der Waals surface area contributed by atoms with Gasteiger partial charge in [-0.05, 0) is 17.7 Å². The lowest BCUT2D eigenvalue weighted by molar-refractivity contribution is 0.134. The number of nitrogens with zero attached hydrogens (tertiary/aromatic N) is 5. The summed E-state index contributed by atoms with van der Waals surface area (Å²) in [4.78, 5) is 16.7. The molecule has 29 heavy (non-hydrogen) atoms. The van der Waals surface area contributed by atoms with Crippen molar-refractivity contribution in [3.63, 3.8) is 0 Å². The van der Waals surface area contributed by atoms with E-state index in [-0.39, 0.29) is 6.03 Å². The molecule has 2 aromatic rings. The zero-order valence-electron chi connectivity index (χ0n) is 16.0. The van der Waals surface area contributed by atoms with Crippen LogP contribution in [0.4, 0.5) is 10.6 Å². The molecule has 156 valence electrons. The van der Waals surface area contributed by atoms with E-state index >= 15 is 0 Å². The molecule has 1 saturated heterocycles. The van der Waals surface area contributed by atoms with Crippen molar-refractivity contribution in [1.82, 2.24) is 25.0 Å². The number of amidine groups is 1. The van der Waals surface area contributed by atoms with Gasteiger partial charge in [0.25, 0.3) is 0 Å². The Labute approximate surface area is 178 Å². The van der Waals surface area contributed by atoms with Crippen LogP contribution in [-0.2, 0) is 6.54 Å². The van der Waals surface area contributed by atoms with Crippen LogP contribution in [0.3, 0.4) is 0 Å². The number of hydrogen-bond acceptors (Lipinski definition) is 8. The Hall–Kier alpha value is -2.47. The highest BCUT2D eigenvalue weighted by atomic mass is 35.5. The first-order valence-electron chi connectivity index (χ1n) is 8.95. The molecule has 1 aromatic heterocycles. The van der Waals surface area contributed by atoms with E-state index in [1.807, 2.05) is 18.4 Å². The number of nitrogens with one attached hydrogen (secondary N) is 2. The van der Waals surface area contributed by atoms with Gasteiger partial charge in [-0.15, -0.1) is 5.10 Å².